The van der Waals surface area contributed by atoms with Crippen molar-refractivity contribution in [2.75, 3.05) is 13.2 Å². The smallest absolute Gasteiger partial charge is 0.394 e. The van der Waals surface area contributed by atoms with Crippen molar-refractivity contribution in [3.8, 4) is 0 Å². The first-order valence-corrected chi connectivity index (χ1v) is 12.8. The van der Waals surface area contributed by atoms with Crippen molar-refractivity contribution in [1.82, 2.24) is 15.6 Å². The summed E-state index contributed by atoms with van der Waals surface area (Å²) in [6.45, 7) is 0.0752. The summed E-state index contributed by atoms with van der Waals surface area (Å²) >= 11 is 6.05. The Hall–Kier alpha value is -3.21. The quantitative estimate of drug-likeness (QED) is 0.295. The zero-order chi connectivity index (χ0) is 28.0. The second-order valence-electron chi connectivity index (χ2n) is 9.48. The van der Waals surface area contributed by atoms with Crippen molar-refractivity contribution in [2.45, 2.75) is 49.5 Å². The van der Waals surface area contributed by atoms with Crippen molar-refractivity contribution < 1.29 is 32.2 Å². The normalized spacial score (nSPS) is 18.9. The number of ether oxygens (including phenoxy) is 1. The molecule has 0 radical (unpaired) electrons. The molecular formula is C28H28ClF4N3O3. The molecule has 1 aromatic heterocycles. The Morgan fingerprint density at radius 2 is 1.82 bits per heavy atom. The average Bonchev–Trinajstić information content (AvgIpc) is 3.34. The highest BCUT2D eigenvalue weighted by Crippen LogP contribution is 2.38. The van der Waals surface area contributed by atoms with Gasteiger partial charge in [-0.05, 0) is 60.7 Å². The molecule has 1 aliphatic carbocycles. The minimum Gasteiger partial charge on any atom is -0.394 e. The predicted molar refractivity (Wildman–Crippen MR) is 138 cm³/mol. The number of hydrogen-bond donors (Lipinski definition) is 3. The number of benzene rings is 2. The monoisotopic (exact) mass is 565 g/mol. The van der Waals surface area contributed by atoms with Crippen molar-refractivity contribution in [1.29, 1.82) is 0 Å². The van der Waals surface area contributed by atoms with Gasteiger partial charge in [-0.3, -0.25) is 4.98 Å². The van der Waals surface area contributed by atoms with E-state index in [1.54, 1.807) is 30.3 Å². The lowest BCUT2D eigenvalue weighted by atomic mass is 9.79. The second kappa shape index (κ2) is 12.3. The van der Waals surface area contributed by atoms with E-state index < -0.39 is 29.1 Å². The number of nitrogens with one attached hydrogen (secondary N) is 2. The largest absolute Gasteiger partial charge is 0.416 e. The van der Waals surface area contributed by atoms with E-state index in [0.717, 1.165) is 12.1 Å². The number of amides is 2. The van der Waals surface area contributed by atoms with Crippen LogP contribution in [0.3, 0.4) is 0 Å². The number of carbonyl (C=O) groups is 1. The number of aliphatic hydroxyl groups excluding tert-OH is 1. The Morgan fingerprint density at radius 1 is 1.08 bits per heavy atom. The maximum Gasteiger partial charge on any atom is 0.416 e. The topological polar surface area (TPSA) is 83.5 Å². The van der Waals surface area contributed by atoms with Crippen LogP contribution in [0.1, 0.15) is 41.6 Å². The molecule has 0 bridgehead atoms. The first-order chi connectivity index (χ1) is 18.6. The minimum atomic E-state index is -4.82. The van der Waals surface area contributed by atoms with Gasteiger partial charge in [-0.1, -0.05) is 41.9 Å². The lowest BCUT2D eigenvalue weighted by Gasteiger charge is -2.36. The number of pyridine rings is 1. The van der Waals surface area contributed by atoms with E-state index >= 15 is 0 Å². The summed E-state index contributed by atoms with van der Waals surface area (Å²) in [6.07, 6.45) is -1.85. The minimum absolute atomic E-state index is 0.0243. The molecule has 0 saturated heterocycles. The molecule has 39 heavy (non-hydrogen) atoms. The SMILES string of the molecule is O=C(NC1CCC(OCCO)C1)N[C@@](Cc1ccccc1)(c1cc(F)cc(C(F)(F)F)c1)c1ccc(Cl)cn1. The Labute approximate surface area is 228 Å². The van der Waals surface area contributed by atoms with E-state index in [-0.39, 0.29) is 48.1 Å². The Balaban J connectivity index is 1.77. The van der Waals surface area contributed by atoms with Gasteiger partial charge in [0.25, 0.3) is 0 Å². The Morgan fingerprint density at radius 3 is 2.49 bits per heavy atom. The third-order valence-electron chi connectivity index (χ3n) is 6.69. The fourth-order valence-electron chi connectivity index (χ4n) is 4.91. The molecule has 6 nitrogen and oxygen atoms in total. The lowest BCUT2D eigenvalue weighted by molar-refractivity contribution is -0.137. The van der Waals surface area contributed by atoms with Gasteiger partial charge in [0.15, 0.2) is 0 Å². The van der Waals surface area contributed by atoms with E-state index in [4.69, 9.17) is 21.4 Å². The molecule has 3 atom stereocenters. The van der Waals surface area contributed by atoms with Gasteiger partial charge in [0.1, 0.15) is 11.4 Å². The molecule has 1 heterocycles. The summed E-state index contributed by atoms with van der Waals surface area (Å²) in [5.41, 5.74) is -2.15. The van der Waals surface area contributed by atoms with Gasteiger partial charge in [0.2, 0.25) is 0 Å². The van der Waals surface area contributed by atoms with Crippen molar-refractivity contribution in [3.05, 3.63) is 100 Å². The van der Waals surface area contributed by atoms with Gasteiger partial charge in [-0.25, -0.2) is 9.18 Å². The molecule has 3 N–H and O–H groups in total. The Kier molecular flexibility index (Phi) is 9.09. The number of aromatic nitrogens is 1. The van der Waals surface area contributed by atoms with Crippen LogP contribution >= 0.6 is 11.6 Å². The van der Waals surface area contributed by atoms with E-state index in [2.05, 4.69) is 15.6 Å². The second-order valence-corrected chi connectivity index (χ2v) is 9.92. The first-order valence-electron chi connectivity index (χ1n) is 12.4. The number of rotatable bonds is 9. The maximum absolute atomic E-state index is 14.7. The van der Waals surface area contributed by atoms with Crippen LogP contribution in [0, 0.1) is 5.82 Å². The van der Waals surface area contributed by atoms with E-state index in [9.17, 15) is 22.4 Å². The lowest BCUT2D eigenvalue weighted by Crippen LogP contribution is -2.54. The van der Waals surface area contributed by atoms with Crippen molar-refractivity contribution >= 4 is 17.6 Å². The summed E-state index contributed by atoms with van der Waals surface area (Å²) in [4.78, 5) is 17.8. The highest BCUT2D eigenvalue weighted by atomic mass is 35.5. The van der Waals surface area contributed by atoms with Crippen LogP contribution in [0.4, 0.5) is 22.4 Å². The van der Waals surface area contributed by atoms with Gasteiger partial charge < -0.3 is 20.5 Å². The van der Waals surface area contributed by atoms with Crippen LogP contribution in [-0.2, 0) is 22.9 Å². The number of urea groups is 1. The van der Waals surface area contributed by atoms with Gasteiger partial charge in [-0.15, -0.1) is 0 Å². The number of aliphatic hydroxyl groups is 1. The Bertz CT molecular complexity index is 1260. The molecule has 208 valence electrons. The summed E-state index contributed by atoms with van der Waals surface area (Å²) in [5, 5.41) is 15.0. The van der Waals surface area contributed by atoms with Gasteiger partial charge in [0.05, 0.1) is 35.6 Å². The van der Waals surface area contributed by atoms with Crippen molar-refractivity contribution in [2.24, 2.45) is 0 Å². The highest BCUT2D eigenvalue weighted by molar-refractivity contribution is 6.30. The predicted octanol–water partition coefficient (Wildman–Crippen LogP) is 5.61. The molecule has 1 fully saturated rings. The van der Waals surface area contributed by atoms with Gasteiger partial charge in [0, 0.05) is 18.7 Å². The number of hydrogen-bond acceptors (Lipinski definition) is 4. The van der Waals surface area contributed by atoms with Crippen LogP contribution in [0.5, 0.6) is 0 Å². The standard InChI is InChI=1S/C28H28ClF4N3O3/c29-21-6-9-25(34-17-21)27(16-18-4-2-1-3-5-18,19-12-20(28(31,32)33)14-22(30)13-19)36-26(38)35-23-7-8-24(15-23)39-11-10-37/h1-6,9,12-14,17,23-24,37H,7-8,10-11,15-16H2,(H2,35,36,38)/t23?,24?,27-/m0/s1. The maximum atomic E-state index is 14.7. The number of halogens is 5. The molecule has 2 aromatic carbocycles. The van der Waals surface area contributed by atoms with Crippen LogP contribution in [-0.4, -0.2) is 41.5 Å². The molecule has 3 aromatic rings. The molecule has 4 rings (SSSR count). The van der Waals surface area contributed by atoms with E-state index in [1.807, 2.05) is 0 Å². The summed E-state index contributed by atoms with van der Waals surface area (Å²) in [5.74, 6) is -1.10. The molecule has 0 spiro atoms. The van der Waals surface area contributed by atoms with Crippen LogP contribution in [0.15, 0.2) is 66.9 Å². The number of nitrogens with zero attached hydrogens (tertiary/aromatic N) is 1. The molecule has 1 aliphatic rings. The third kappa shape index (κ3) is 7.26. The molecule has 11 heteroatoms. The summed E-state index contributed by atoms with van der Waals surface area (Å²) in [7, 11) is 0. The van der Waals surface area contributed by atoms with Gasteiger partial charge >= 0.3 is 12.2 Å². The van der Waals surface area contributed by atoms with Gasteiger partial charge in [-0.2, -0.15) is 13.2 Å². The van der Waals surface area contributed by atoms with Crippen molar-refractivity contribution in [3.63, 3.8) is 0 Å². The highest BCUT2D eigenvalue weighted by Gasteiger charge is 2.41. The zero-order valence-corrected chi connectivity index (χ0v) is 21.6. The van der Waals surface area contributed by atoms with Crippen LogP contribution < -0.4 is 10.6 Å². The fourth-order valence-corrected chi connectivity index (χ4v) is 5.02. The zero-order valence-electron chi connectivity index (χ0n) is 20.8. The molecule has 2 unspecified atom stereocenters. The van der Waals surface area contributed by atoms with E-state index in [1.165, 1.54) is 18.3 Å². The first kappa shape index (κ1) is 28.8. The van der Waals surface area contributed by atoms with Crippen LogP contribution in [0.2, 0.25) is 5.02 Å². The third-order valence-corrected chi connectivity index (χ3v) is 6.91. The number of alkyl halides is 3. The molecule has 2 amide bonds. The molecule has 1 saturated carbocycles. The summed E-state index contributed by atoms with van der Waals surface area (Å²) < 4.78 is 61.5. The average molecular weight is 566 g/mol. The summed E-state index contributed by atoms with van der Waals surface area (Å²) in [6, 6.07) is 13.1. The fraction of sp³-hybridized carbons (Fsp3) is 0.357. The van der Waals surface area contributed by atoms with Crippen LogP contribution in [0.25, 0.3) is 0 Å². The molecular weight excluding hydrogens is 538 g/mol. The number of carbonyl (C=O) groups excluding carboxylic acids is 1. The molecule has 0 aliphatic heterocycles. The van der Waals surface area contributed by atoms with E-state index in [0.29, 0.717) is 30.9 Å².